The lowest BCUT2D eigenvalue weighted by molar-refractivity contribution is 0.0909. The number of rotatable bonds is 4. The predicted molar refractivity (Wildman–Crippen MR) is 115 cm³/mol. The maximum atomic E-state index is 12.7. The first-order valence-electron chi connectivity index (χ1n) is 9.78. The molecule has 0 spiro atoms. The lowest BCUT2D eigenvalue weighted by atomic mass is 9.75. The Morgan fingerprint density at radius 1 is 1.34 bits per heavy atom. The Balaban J connectivity index is 0.00000240. The van der Waals surface area contributed by atoms with E-state index in [1.807, 2.05) is 23.7 Å². The maximum absolute atomic E-state index is 12.7. The number of benzene rings is 1. The normalized spacial score (nSPS) is 20.1. The molecule has 2 heterocycles. The quantitative estimate of drug-likeness (QED) is 0.709. The van der Waals surface area contributed by atoms with Gasteiger partial charge in [0.1, 0.15) is 0 Å². The van der Waals surface area contributed by atoms with E-state index in [0.717, 1.165) is 48.6 Å². The number of amides is 1. The van der Waals surface area contributed by atoms with Crippen LogP contribution in [0.4, 0.5) is 5.69 Å². The zero-order chi connectivity index (χ0) is 20.1. The number of hydrogen-bond acceptors (Lipinski definition) is 5. The molecular formula is C21H28ClN5O2. The van der Waals surface area contributed by atoms with Crippen molar-refractivity contribution < 1.29 is 9.59 Å². The zero-order valence-corrected chi connectivity index (χ0v) is 17.9. The molecule has 156 valence electrons. The Kier molecular flexibility index (Phi) is 5.74. The van der Waals surface area contributed by atoms with Crippen molar-refractivity contribution in [3.63, 3.8) is 0 Å². The largest absolute Gasteiger partial charge is 0.380 e. The summed E-state index contributed by atoms with van der Waals surface area (Å²) in [6, 6.07) is 5.75. The van der Waals surface area contributed by atoms with Crippen LogP contribution in [0.15, 0.2) is 18.2 Å². The summed E-state index contributed by atoms with van der Waals surface area (Å²) in [5.41, 5.74) is 9.93. The van der Waals surface area contributed by atoms with Gasteiger partial charge in [-0.05, 0) is 49.9 Å². The molecule has 1 aliphatic heterocycles. The van der Waals surface area contributed by atoms with Crippen LogP contribution in [0.3, 0.4) is 0 Å². The Morgan fingerprint density at radius 3 is 2.76 bits per heavy atom. The number of anilines is 1. The highest BCUT2D eigenvalue weighted by Gasteiger charge is 2.35. The van der Waals surface area contributed by atoms with Crippen LogP contribution in [0.1, 0.15) is 58.8 Å². The van der Waals surface area contributed by atoms with Crippen LogP contribution in [-0.2, 0) is 6.42 Å². The minimum absolute atomic E-state index is 0. The Bertz CT molecular complexity index is 960. The van der Waals surface area contributed by atoms with Crippen LogP contribution >= 0.6 is 12.4 Å². The van der Waals surface area contributed by atoms with Crippen molar-refractivity contribution in [2.45, 2.75) is 46.1 Å². The summed E-state index contributed by atoms with van der Waals surface area (Å²) in [5.74, 6) is -0.311. The molecule has 1 amide bonds. The lowest BCUT2D eigenvalue weighted by Gasteiger charge is -2.29. The van der Waals surface area contributed by atoms with Gasteiger partial charge in [-0.15, -0.1) is 12.4 Å². The first-order valence-corrected chi connectivity index (χ1v) is 9.78. The van der Waals surface area contributed by atoms with Crippen LogP contribution in [0.25, 0.3) is 5.69 Å². The van der Waals surface area contributed by atoms with Crippen molar-refractivity contribution in [1.82, 2.24) is 15.1 Å². The number of nitrogens with two attached hydrogens (primary N) is 1. The van der Waals surface area contributed by atoms with Gasteiger partial charge in [0.15, 0.2) is 5.78 Å². The van der Waals surface area contributed by atoms with Gasteiger partial charge in [0.05, 0.1) is 28.2 Å². The lowest BCUT2D eigenvalue weighted by Crippen LogP contribution is -2.28. The van der Waals surface area contributed by atoms with Gasteiger partial charge in [-0.2, -0.15) is 5.10 Å². The number of halogens is 1. The monoisotopic (exact) mass is 417 g/mol. The van der Waals surface area contributed by atoms with Crippen molar-refractivity contribution in [3.05, 3.63) is 40.7 Å². The highest BCUT2D eigenvalue weighted by atomic mass is 35.5. The van der Waals surface area contributed by atoms with Crippen molar-refractivity contribution in [1.29, 1.82) is 0 Å². The van der Waals surface area contributed by atoms with Crippen molar-refractivity contribution in [3.8, 4) is 5.69 Å². The molecule has 1 atom stereocenters. The van der Waals surface area contributed by atoms with E-state index in [1.165, 1.54) is 0 Å². The van der Waals surface area contributed by atoms with E-state index in [2.05, 4.69) is 29.6 Å². The first kappa shape index (κ1) is 21.3. The molecule has 1 fully saturated rings. The molecule has 1 aromatic heterocycles. The number of ketones is 1. The second-order valence-corrected chi connectivity index (χ2v) is 8.69. The van der Waals surface area contributed by atoms with E-state index in [-0.39, 0.29) is 29.6 Å². The van der Waals surface area contributed by atoms with E-state index >= 15 is 0 Å². The van der Waals surface area contributed by atoms with E-state index in [9.17, 15) is 9.59 Å². The van der Waals surface area contributed by atoms with Gasteiger partial charge in [-0.1, -0.05) is 13.8 Å². The van der Waals surface area contributed by atoms with Gasteiger partial charge in [-0.3, -0.25) is 9.59 Å². The third-order valence-corrected chi connectivity index (χ3v) is 5.65. The van der Waals surface area contributed by atoms with Gasteiger partial charge in [0, 0.05) is 24.7 Å². The standard InChI is InChI=1S/C21H27N5O2.ClH/c1-12-19-17(9-21(2,3)10-18(19)27)26(25-12)14-4-5-15(20(22)28)16(8-14)24-13-6-7-23-11-13;/h4-5,8,13,23-24H,6-7,9-11H2,1-3H3,(H2,22,28);1H. The number of nitrogens with zero attached hydrogens (tertiary/aromatic N) is 2. The fraction of sp³-hybridized carbons (Fsp3) is 0.476. The van der Waals surface area contributed by atoms with Crippen molar-refractivity contribution in [2.24, 2.45) is 11.1 Å². The molecule has 1 unspecified atom stereocenters. The number of aromatic nitrogens is 2. The minimum Gasteiger partial charge on any atom is -0.380 e. The molecule has 1 aromatic carbocycles. The van der Waals surface area contributed by atoms with E-state index < -0.39 is 5.91 Å². The minimum atomic E-state index is -0.463. The predicted octanol–water partition coefficient (Wildman–Crippen LogP) is 2.63. The number of fused-ring (bicyclic) bond motifs is 1. The summed E-state index contributed by atoms with van der Waals surface area (Å²) < 4.78 is 1.85. The SMILES string of the molecule is Cc1nn(-c2ccc(C(N)=O)c(NC3CCNC3)c2)c2c1C(=O)CC(C)(C)C2.Cl. The van der Waals surface area contributed by atoms with Crippen LogP contribution in [0.5, 0.6) is 0 Å². The number of primary amides is 1. The molecule has 0 bridgehead atoms. The second-order valence-electron chi connectivity index (χ2n) is 8.69. The van der Waals surface area contributed by atoms with Gasteiger partial charge < -0.3 is 16.4 Å². The second kappa shape index (κ2) is 7.80. The van der Waals surface area contributed by atoms with Crippen LogP contribution < -0.4 is 16.4 Å². The molecule has 1 saturated heterocycles. The third-order valence-electron chi connectivity index (χ3n) is 5.65. The third kappa shape index (κ3) is 4.02. The molecule has 4 N–H and O–H groups in total. The summed E-state index contributed by atoms with van der Waals surface area (Å²) in [6.07, 6.45) is 2.30. The summed E-state index contributed by atoms with van der Waals surface area (Å²) in [4.78, 5) is 24.6. The molecule has 2 aromatic rings. The van der Waals surface area contributed by atoms with E-state index in [1.54, 1.807) is 6.07 Å². The highest BCUT2D eigenvalue weighted by molar-refractivity contribution is 6.00. The molecule has 4 rings (SSSR count). The fourth-order valence-corrected chi connectivity index (χ4v) is 4.35. The molecule has 29 heavy (non-hydrogen) atoms. The fourth-order valence-electron chi connectivity index (χ4n) is 4.35. The zero-order valence-electron chi connectivity index (χ0n) is 17.0. The van der Waals surface area contributed by atoms with Crippen LogP contribution in [-0.4, -0.2) is 40.6 Å². The number of carbonyl (C=O) groups is 2. The Hall–Kier alpha value is -2.38. The molecule has 0 saturated carbocycles. The molecule has 1 aliphatic carbocycles. The number of hydrogen-bond donors (Lipinski definition) is 3. The van der Waals surface area contributed by atoms with Crippen LogP contribution in [0, 0.1) is 12.3 Å². The van der Waals surface area contributed by atoms with E-state index in [0.29, 0.717) is 17.7 Å². The van der Waals surface area contributed by atoms with E-state index in [4.69, 9.17) is 5.73 Å². The van der Waals surface area contributed by atoms with Gasteiger partial charge in [0.25, 0.3) is 5.91 Å². The van der Waals surface area contributed by atoms with Gasteiger partial charge in [0.2, 0.25) is 0 Å². The number of Topliss-reactive ketones (excluding diaryl/α,β-unsaturated/α-hetero) is 1. The molecular weight excluding hydrogens is 390 g/mol. The van der Waals surface area contributed by atoms with Crippen LogP contribution in [0.2, 0.25) is 0 Å². The highest BCUT2D eigenvalue weighted by Crippen LogP contribution is 2.37. The summed E-state index contributed by atoms with van der Waals surface area (Å²) in [7, 11) is 0. The number of carbonyl (C=O) groups excluding carboxylic acids is 2. The topological polar surface area (TPSA) is 102 Å². The number of aryl methyl sites for hydroxylation is 1. The van der Waals surface area contributed by atoms with Gasteiger partial charge >= 0.3 is 0 Å². The van der Waals surface area contributed by atoms with Crippen molar-refractivity contribution >= 4 is 29.8 Å². The summed E-state index contributed by atoms with van der Waals surface area (Å²) in [5, 5.41) is 11.4. The number of nitrogens with one attached hydrogen (secondary N) is 2. The first-order chi connectivity index (χ1) is 13.2. The van der Waals surface area contributed by atoms with Gasteiger partial charge in [-0.25, -0.2) is 4.68 Å². The maximum Gasteiger partial charge on any atom is 0.250 e. The molecule has 8 heteroatoms. The summed E-state index contributed by atoms with van der Waals surface area (Å²) in [6.45, 7) is 7.90. The molecule has 2 aliphatic rings. The summed E-state index contributed by atoms with van der Waals surface area (Å²) >= 11 is 0. The smallest absolute Gasteiger partial charge is 0.250 e. The Labute approximate surface area is 176 Å². The Morgan fingerprint density at radius 2 is 2.10 bits per heavy atom. The average Bonchev–Trinajstić information content (AvgIpc) is 3.21. The molecule has 0 radical (unpaired) electrons. The molecule has 7 nitrogen and oxygen atoms in total. The average molecular weight is 418 g/mol. The van der Waals surface area contributed by atoms with Crippen molar-refractivity contribution in [2.75, 3.05) is 18.4 Å².